The first-order valence-electron chi connectivity index (χ1n) is 4.87. The van der Waals surface area contributed by atoms with Gasteiger partial charge in [0.25, 0.3) is 0 Å². The van der Waals surface area contributed by atoms with Crippen LogP contribution < -0.4 is 5.32 Å². The van der Waals surface area contributed by atoms with Gasteiger partial charge in [0.05, 0.1) is 0 Å². The van der Waals surface area contributed by atoms with E-state index in [0.29, 0.717) is 6.54 Å². The van der Waals surface area contributed by atoms with Crippen LogP contribution >= 0.6 is 0 Å². The van der Waals surface area contributed by atoms with Gasteiger partial charge in [-0.15, -0.1) is 0 Å². The van der Waals surface area contributed by atoms with Crippen molar-refractivity contribution in [1.29, 1.82) is 0 Å². The van der Waals surface area contributed by atoms with Gasteiger partial charge in [-0.3, -0.25) is 0 Å². The lowest BCUT2D eigenvalue weighted by molar-refractivity contribution is 0.231. The Hall–Kier alpha value is -0.960. The highest BCUT2D eigenvalue weighted by Gasteiger charge is 2.25. The van der Waals surface area contributed by atoms with Crippen LogP contribution in [0.3, 0.4) is 0 Å². The van der Waals surface area contributed by atoms with Crippen molar-refractivity contribution in [1.82, 2.24) is 5.32 Å². The van der Waals surface area contributed by atoms with Crippen molar-refractivity contribution in [2.75, 3.05) is 13.1 Å². The lowest BCUT2D eigenvalue weighted by Crippen LogP contribution is -2.36. The zero-order valence-electron chi connectivity index (χ0n) is 7.84. The summed E-state index contributed by atoms with van der Waals surface area (Å²) in [6.07, 6.45) is -0.0681. The largest absolute Gasteiger partial charge is 0.314 e. The molecule has 1 N–H and O–H groups in total. The zero-order chi connectivity index (χ0) is 9.97. The van der Waals surface area contributed by atoms with Crippen LogP contribution in [0.1, 0.15) is 17.9 Å². The zero-order valence-corrected chi connectivity index (χ0v) is 7.84. The van der Waals surface area contributed by atoms with Crippen molar-refractivity contribution in [3.63, 3.8) is 0 Å². The van der Waals surface area contributed by atoms with Gasteiger partial charge in [-0.2, -0.15) is 0 Å². The molecule has 0 bridgehead atoms. The van der Waals surface area contributed by atoms with Crippen molar-refractivity contribution < 1.29 is 8.78 Å². The fourth-order valence-corrected chi connectivity index (χ4v) is 1.91. The second-order valence-corrected chi connectivity index (χ2v) is 3.67. The topological polar surface area (TPSA) is 12.0 Å². The lowest BCUT2D eigenvalue weighted by Gasteiger charge is -2.26. The average Bonchev–Trinajstić information content (AvgIpc) is 2.20. The minimum atomic E-state index is -0.853. The minimum absolute atomic E-state index is 0.0724. The average molecular weight is 197 g/mol. The van der Waals surface area contributed by atoms with E-state index in [2.05, 4.69) is 5.32 Å². The molecule has 1 aliphatic heterocycles. The van der Waals surface area contributed by atoms with Crippen LogP contribution in [0.15, 0.2) is 24.3 Å². The Labute approximate surface area is 82.1 Å². The Balaban J connectivity index is 2.16. The van der Waals surface area contributed by atoms with Crippen molar-refractivity contribution >= 4 is 0 Å². The Morgan fingerprint density at radius 2 is 1.93 bits per heavy atom. The number of halogens is 2. The third-order valence-electron chi connectivity index (χ3n) is 2.71. The molecular weight excluding hydrogens is 184 g/mol. The first kappa shape index (κ1) is 9.59. The fraction of sp³-hybridized carbons (Fsp3) is 0.455. The number of nitrogens with one attached hydrogen (secondary N) is 1. The summed E-state index contributed by atoms with van der Waals surface area (Å²) in [5.41, 5.74) is 0.903. The molecule has 0 radical (unpaired) electrons. The SMILES string of the molecule is Fc1ccc(C2CCNCC2F)cc1. The minimum Gasteiger partial charge on any atom is -0.314 e. The van der Waals surface area contributed by atoms with Crippen molar-refractivity contribution in [2.24, 2.45) is 0 Å². The molecule has 0 aliphatic carbocycles. The van der Waals surface area contributed by atoms with E-state index in [-0.39, 0.29) is 11.7 Å². The molecule has 0 amide bonds. The first-order chi connectivity index (χ1) is 6.77. The molecule has 1 aromatic carbocycles. The molecule has 0 saturated carbocycles. The molecule has 3 heteroatoms. The van der Waals surface area contributed by atoms with Gasteiger partial charge in [-0.05, 0) is 30.7 Å². The molecule has 1 nitrogen and oxygen atoms in total. The number of hydrogen-bond acceptors (Lipinski definition) is 1. The predicted molar refractivity (Wildman–Crippen MR) is 51.5 cm³/mol. The number of benzene rings is 1. The normalized spacial score (nSPS) is 27.6. The smallest absolute Gasteiger partial charge is 0.123 e. The second kappa shape index (κ2) is 4.05. The van der Waals surface area contributed by atoms with Gasteiger partial charge >= 0.3 is 0 Å². The highest BCUT2D eigenvalue weighted by Crippen LogP contribution is 2.27. The van der Waals surface area contributed by atoms with Gasteiger partial charge in [0.1, 0.15) is 12.0 Å². The second-order valence-electron chi connectivity index (χ2n) is 3.67. The lowest BCUT2D eigenvalue weighted by atomic mass is 9.89. The van der Waals surface area contributed by atoms with Crippen LogP contribution in [0.2, 0.25) is 0 Å². The van der Waals surface area contributed by atoms with E-state index in [1.54, 1.807) is 12.1 Å². The monoisotopic (exact) mass is 197 g/mol. The van der Waals surface area contributed by atoms with Gasteiger partial charge in [0.15, 0.2) is 0 Å². The van der Waals surface area contributed by atoms with Crippen LogP contribution in [-0.2, 0) is 0 Å². The van der Waals surface area contributed by atoms with E-state index in [1.165, 1.54) is 12.1 Å². The molecule has 1 heterocycles. The molecule has 1 aromatic rings. The summed E-state index contributed by atoms with van der Waals surface area (Å²) in [4.78, 5) is 0. The van der Waals surface area contributed by atoms with Crippen LogP contribution in [0, 0.1) is 5.82 Å². The van der Waals surface area contributed by atoms with E-state index in [4.69, 9.17) is 0 Å². The molecule has 76 valence electrons. The summed E-state index contributed by atoms with van der Waals surface area (Å²) in [6, 6.07) is 6.14. The van der Waals surface area contributed by atoms with Crippen LogP contribution in [0.25, 0.3) is 0 Å². The van der Waals surface area contributed by atoms with Gasteiger partial charge in [0.2, 0.25) is 0 Å². The van der Waals surface area contributed by atoms with E-state index in [0.717, 1.165) is 18.5 Å². The maximum Gasteiger partial charge on any atom is 0.123 e. The van der Waals surface area contributed by atoms with Crippen molar-refractivity contribution in [3.05, 3.63) is 35.6 Å². The van der Waals surface area contributed by atoms with E-state index in [9.17, 15) is 8.78 Å². The Bertz CT molecular complexity index is 297. The third kappa shape index (κ3) is 1.93. The maximum atomic E-state index is 13.5. The predicted octanol–water partition coefficient (Wildman–Crippen LogP) is 2.24. The standard InChI is InChI=1S/C11H13F2N/c12-9-3-1-8(2-4-9)10-5-6-14-7-11(10)13/h1-4,10-11,14H,5-7H2. The van der Waals surface area contributed by atoms with Gasteiger partial charge < -0.3 is 5.32 Å². The summed E-state index contributed by atoms with van der Waals surface area (Å²) < 4.78 is 26.1. The van der Waals surface area contributed by atoms with Crippen LogP contribution in [0.5, 0.6) is 0 Å². The molecule has 2 unspecified atom stereocenters. The number of rotatable bonds is 1. The van der Waals surface area contributed by atoms with Crippen LogP contribution in [-0.4, -0.2) is 19.3 Å². The molecule has 0 spiro atoms. The summed E-state index contributed by atoms with van der Waals surface area (Å²) >= 11 is 0. The Morgan fingerprint density at radius 3 is 2.57 bits per heavy atom. The van der Waals surface area contributed by atoms with E-state index < -0.39 is 6.17 Å². The third-order valence-corrected chi connectivity index (χ3v) is 2.71. The summed E-state index contributed by atoms with van der Waals surface area (Å²) in [7, 11) is 0. The van der Waals surface area contributed by atoms with E-state index in [1.807, 2.05) is 0 Å². The van der Waals surface area contributed by atoms with Crippen LogP contribution in [0.4, 0.5) is 8.78 Å². The summed E-state index contributed by atoms with van der Waals surface area (Å²) in [6.45, 7) is 1.24. The molecule has 0 aromatic heterocycles. The fourth-order valence-electron chi connectivity index (χ4n) is 1.91. The maximum absolute atomic E-state index is 13.5. The summed E-state index contributed by atoms with van der Waals surface area (Å²) in [5, 5.41) is 3.00. The Kier molecular flexibility index (Phi) is 2.77. The molecule has 1 fully saturated rings. The van der Waals surface area contributed by atoms with Crippen molar-refractivity contribution in [2.45, 2.75) is 18.5 Å². The molecule has 1 saturated heterocycles. The molecule has 14 heavy (non-hydrogen) atoms. The van der Waals surface area contributed by atoms with Gasteiger partial charge in [0, 0.05) is 12.5 Å². The highest BCUT2D eigenvalue weighted by atomic mass is 19.1. The number of hydrogen-bond donors (Lipinski definition) is 1. The molecular formula is C11H13F2N. The first-order valence-corrected chi connectivity index (χ1v) is 4.87. The van der Waals surface area contributed by atoms with E-state index >= 15 is 0 Å². The quantitative estimate of drug-likeness (QED) is 0.728. The highest BCUT2D eigenvalue weighted by molar-refractivity contribution is 5.22. The molecule has 1 aliphatic rings. The number of piperidine rings is 1. The summed E-state index contributed by atoms with van der Waals surface area (Å²) in [5.74, 6) is -0.338. The van der Waals surface area contributed by atoms with Gasteiger partial charge in [-0.25, -0.2) is 8.78 Å². The number of alkyl halides is 1. The van der Waals surface area contributed by atoms with Gasteiger partial charge in [-0.1, -0.05) is 12.1 Å². The molecule has 2 rings (SSSR count). The van der Waals surface area contributed by atoms with Crippen molar-refractivity contribution in [3.8, 4) is 0 Å². The Morgan fingerprint density at radius 1 is 1.21 bits per heavy atom. The molecule has 2 atom stereocenters.